The minimum absolute atomic E-state index is 0.0247. The van der Waals surface area contributed by atoms with Crippen LogP contribution in [0.1, 0.15) is 110 Å². The van der Waals surface area contributed by atoms with E-state index in [-0.39, 0.29) is 18.5 Å². The van der Waals surface area contributed by atoms with Gasteiger partial charge in [-0.2, -0.15) is 0 Å². The van der Waals surface area contributed by atoms with Gasteiger partial charge in [-0.3, -0.25) is 0 Å². The van der Waals surface area contributed by atoms with E-state index in [1.54, 1.807) is 0 Å². The molecule has 0 aromatic carbocycles. The fourth-order valence-corrected chi connectivity index (χ4v) is 3.44. The highest BCUT2D eigenvalue weighted by Crippen LogP contribution is 2.18. The van der Waals surface area contributed by atoms with Gasteiger partial charge in [-0.05, 0) is 45.4 Å². The van der Waals surface area contributed by atoms with Gasteiger partial charge in [0.05, 0.1) is 12.2 Å². The van der Waals surface area contributed by atoms with Crippen LogP contribution in [-0.4, -0.2) is 30.2 Å². The quantitative estimate of drug-likeness (QED) is 0.372. The first-order valence-corrected chi connectivity index (χ1v) is 10.7. The highest BCUT2D eigenvalue weighted by atomic mass is 16.7. The van der Waals surface area contributed by atoms with E-state index in [4.69, 9.17) is 9.47 Å². The molecule has 3 nitrogen and oxygen atoms in total. The van der Waals surface area contributed by atoms with Gasteiger partial charge < -0.3 is 14.6 Å². The lowest BCUT2D eigenvalue weighted by atomic mass is 10.0. The molecule has 0 aromatic rings. The molecule has 1 fully saturated rings. The highest BCUT2D eigenvalue weighted by Gasteiger charge is 2.17. The van der Waals surface area contributed by atoms with Gasteiger partial charge in [0.15, 0.2) is 6.29 Å². The summed E-state index contributed by atoms with van der Waals surface area (Å²) < 4.78 is 11.5. The molecule has 1 aliphatic rings. The van der Waals surface area contributed by atoms with Crippen molar-refractivity contribution in [3.63, 3.8) is 0 Å². The summed E-state index contributed by atoms with van der Waals surface area (Å²) in [6.45, 7) is 5.25. The molecule has 1 rings (SSSR count). The topological polar surface area (TPSA) is 38.7 Å². The Balaban J connectivity index is 1.87. The first kappa shape index (κ1) is 21.9. The molecule has 0 bridgehead atoms. The summed E-state index contributed by atoms with van der Waals surface area (Å²) >= 11 is 0. The van der Waals surface area contributed by atoms with E-state index < -0.39 is 0 Å². The number of aliphatic hydroxyl groups excluding tert-OH is 1. The lowest BCUT2D eigenvalue weighted by Crippen LogP contribution is -2.26. The first-order valence-electron chi connectivity index (χ1n) is 10.7. The maximum absolute atomic E-state index is 10.1. The van der Waals surface area contributed by atoms with Crippen LogP contribution < -0.4 is 0 Å². The van der Waals surface area contributed by atoms with Crippen LogP contribution in [0, 0.1) is 0 Å². The molecule has 1 saturated heterocycles. The average Bonchev–Trinajstić information content (AvgIpc) is 2.59. The van der Waals surface area contributed by atoms with E-state index in [1.807, 2.05) is 0 Å². The molecule has 0 radical (unpaired) electrons. The van der Waals surface area contributed by atoms with Crippen molar-refractivity contribution in [3.8, 4) is 0 Å². The van der Waals surface area contributed by atoms with Crippen LogP contribution in [0.4, 0.5) is 0 Å². The van der Waals surface area contributed by atoms with Gasteiger partial charge >= 0.3 is 0 Å². The predicted octanol–water partition coefficient (Wildman–Crippen LogP) is 5.98. The molecule has 3 atom stereocenters. The largest absolute Gasteiger partial charge is 0.393 e. The van der Waals surface area contributed by atoms with Crippen molar-refractivity contribution in [2.45, 2.75) is 129 Å². The average molecular weight is 343 g/mol. The van der Waals surface area contributed by atoms with E-state index in [0.717, 1.165) is 45.1 Å². The summed E-state index contributed by atoms with van der Waals surface area (Å²) in [7, 11) is 0. The summed E-state index contributed by atoms with van der Waals surface area (Å²) in [5.74, 6) is 0. The predicted molar refractivity (Wildman–Crippen MR) is 101 cm³/mol. The van der Waals surface area contributed by atoms with E-state index in [2.05, 4.69) is 13.8 Å². The number of unbranched alkanes of at least 4 members (excludes halogenated alkanes) is 7. The Labute approximate surface area is 150 Å². The Morgan fingerprint density at radius 3 is 2.21 bits per heavy atom. The molecular formula is C21H42O3. The Bertz CT molecular complexity index is 264. The minimum atomic E-state index is -0.0986. The van der Waals surface area contributed by atoms with Crippen molar-refractivity contribution in [1.82, 2.24) is 0 Å². The molecule has 0 amide bonds. The zero-order chi connectivity index (χ0) is 17.5. The van der Waals surface area contributed by atoms with E-state index >= 15 is 0 Å². The van der Waals surface area contributed by atoms with Crippen molar-refractivity contribution < 1.29 is 14.6 Å². The van der Waals surface area contributed by atoms with Crippen LogP contribution in [0.5, 0.6) is 0 Å². The molecule has 1 aliphatic heterocycles. The van der Waals surface area contributed by atoms with Gasteiger partial charge in [0.2, 0.25) is 0 Å². The van der Waals surface area contributed by atoms with Crippen LogP contribution in [0.2, 0.25) is 0 Å². The second-order valence-corrected chi connectivity index (χ2v) is 7.59. The molecule has 3 unspecified atom stereocenters. The van der Waals surface area contributed by atoms with Crippen LogP contribution in [0.15, 0.2) is 0 Å². The van der Waals surface area contributed by atoms with Crippen molar-refractivity contribution in [2.24, 2.45) is 0 Å². The maximum atomic E-state index is 10.1. The zero-order valence-corrected chi connectivity index (χ0v) is 16.3. The molecule has 24 heavy (non-hydrogen) atoms. The number of hydrogen-bond acceptors (Lipinski definition) is 3. The number of ether oxygens (including phenoxy) is 2. The second-order valence-electron chi connectivity index (χ2n) is 7.59. The van der Waals surface area contributed by atoms with Gasteiger partial charge in [0.1, 0.15) is 0 Å². The van der Waals surface area contributed by atoms with Crippen LogP contribution in [0.25, 0.3) is 0 Å². The standard InChI is InChI=1S/C21H42O3/c1-3-4-5-6-7-8-9-15-20(22)16-11-10-14-19(2)24-21-17-12-13-18-23-21/h19-22H,3-18H2,1-2H3. The molecule has 3 heteroatoms. The smallest absolute Gasteiger partial charge is 0.157 e. The number of aliphatic hydroxyl groups is 1. The molecule has 0 aliphatic carbocycles. The Morgan fingerprint density at radius 2 is 1.54 bits per heavy atom. The maximum Gasteiger partial charge on any atom is 0.157 e. The fraction of sp³-hybridized carbons (Fsp3) is 1.00. The van der Waals surface area contributed by atoms with Crippen LogP contribution in [-0.2, 0) is 9.47 Å². The highest BCUT2D eigenvalue weighted by molar-refractivity contribution is 4.61. The van der Waals surface area contributed by atoms with Crippen molar-refractivity contribution in [1.29, 1.82) is 0 Å². The van der Waals surface area contributed by atoms with Crippen LogP contribution in [0.3, 0.4) is 0 Å². The monoisotopic (exact) mass is 342 g/mol. The van der Waals surface area contributed by atoms with Crippen molar-refractivity contribution in [2.75, 3.05) is 6.61 Å². The second kappa shape index (κ2) is 15.2. The molecule has 1 N–H and O–H groups in total. The van der Waals surface area contributed by atoms with Crippen molar-refractivity contribution in [3.05, 3.63) is 0 Å². The number of rotatable bonds is 15. The van der Waals surface area contributed by atoms with Gasteiger partial charge in [-0.15, -0.1) is 0 Å². The summed E-state index contributed by atoms with van der Waals surface area (Å²) in [4.78, 5) is 0. The van der Waals surface area contributed by atoms with E-state index in [0.29, 0.717) is 0 Å². The third kappa shape index (κ3) is 12.3. The first-order chi connectivity index (χ1) is 11.7. The summed E-state index contributed by atoms with van der Waals surface area (Å²) in [6, 6.07) is 0. The third-order valence-corrected chi connectivity index (χ3v) is 5.06. The Kier molecular flexibility index (Phi) is 13.8. The Morgan fingerprint density at radius 1 is 0.917 bits per heavy atom. The normalized spacial score (nSPS) is 20.9. The van der Waals surface area contributed by atoms with Gasteiger partial charge in [0, 0.05) is 6.61 Å². The third-order valence-electron chi connectivity index (χ3n) is 5.06. The summed E-state index contributed by atoms with van der Waals surface area (Å²) in [5.41, 5.74) is 0. The van der Waals surface area contributed by atoms with Crippen LogP contribution >= 0.6 is 0 Å². The molecule has 144 valence electrons. The van der Waals surface area contributed by atoms with E-state index in [1.165, 1.54) is 57.8 Å². The SMILES string of the molecule is CCCCCCCCCC(O)CCCCC(C)OC1CCCCO1. The lowest BCUT2D eigenvalue weighted by molar-refractivity contribution is -0.185. The summed E-state index contributed by atoms with van der Waals surface area (Å²) in [5, 5.41) is 10.1. The molecule has 0 saturated carbocycles. The Hall–Kier alpha value is -0.120. The molecule has 0 spiro atoms. The zero-order valence-electron chi connectivity index (χ0n) is 16.3. The molecule has 0 aromatic heterocycles. The summed E-state index contributed by atoms with van der Waals surface area (Å²) in [6.07, 6.45) is 18.1. The van der Waals surface area contributed by atoms with Crippen molar-refractivity contribution >= 4 is 0 Å². The minimum Gasteiger partial charge on any atom is -0.393 e. The molecular weight excluding hydrogens is 300 g/mol. The fourth-order valence-electron chi connectivity index (χ4n) is 3.44. The van der Waals surface area contributed by atoms with Gasteiger partial charge in [0.25, 0.3) is 0 Å². The molecule has 1 heterocycles. The van der Waals surface area contributed by atoms with Gasteiger partial charge in [-0.25, -0.2) is 0 Å². The van der Waals surface area contributed by atoms with Gasteiger partial charge in [-0.1, -0.05) is 64.7 Å². The number of hydrogen-bond donors (Lipinski definition) is 1. The van der Waals surface area contributed by atoms with E-state index in [9.17, 15) is 5.11 Å². The lowest BCUT2D eigenvalue weighted by Gasteiger charge is -2.26.